The van der Waals surface area contributed by atoms with Crippen molar-refractivity contribution in [3.63, 3.8) is 0 Å². The molecule has 1 amide bonds. The lowest BCUT2D eigenvalue weighted by atomic mass is 9.95. The van der Waals surface area contributed by atoms with Crippen LogP contribution in [-0.4, -0.2) is 60.1 Å². The molecule has 102 valence electrons. The second-order valence-electron chi connectivity index (χ2n) is 5.65. The first kappa shape index (κ1) is 14.9. The molecule has 5 heteroatoms. The van der Waals surface area contributed by atoms with Gasteiger partial charge in [0, 0.05) is 19.1 Å². The third kappa shape index (κ3) is 3.44. The first-order valence-corrected chi connectivity index (χ1v) is 6.39. The average molecular weight is 253 g/mol. The van der Waals surface area contributed by atoms with E-state index in [4.69, 9.17) is 5.26 Å². The smallest absolute Gasteiger partial charge is 0.240 e. The van der Waals surface area contributed by atoms with Crippen molar-refractivity contribution < 1.29 is 9.90 Å². The number of carbonyl (C=O) groups is 1. The second kappa shape index (κ2) is 6.17. The standard InChI is InChI=1S/C13H23N3O2/c1-9(2)12(6-14)13(18)16-8-11(17)5-10(16)7-15(3)4/h9-12,17H,5,7-8H2,1-4H3. The molecule has 1 heterocycles. The van der Waals surface area contributed by atoms with E-state index >= 15 is 0 Å². The van der Waals surface area contributed by atoms with Gasteiger partial charge in [-0.3, -0.25) is 4.79 Å². The minimum absolute atomic E-state index is 0.000231. The minimum Gasteiger partial charge on any atom is -0.391 e. The van der Waals surface area contributed by atoms with Gasteiger partial charge in [0.2, 0.25) is 5.91 Å². The number of nitrogens with zero attached hydrogens (tertiary/aromatic N) is 3. The summed E-state index contributed by atoms with van der Waals surface area (Å²) in [4.78, 5) is 16.0. The van der Waals surface area contributed by atoms with Crippen molar-refractivity contribution in [3.05, 3.63) is 0 Å². The van der Waals surface area contributed by atoms with E-state index in [1.807, 2.05) is 32.8 Å². The average Bonchev–Trinajstić information content (AvgIpc) is 2.58. The molecule has 3 unspecified atom stereocenters. The Labute approximate surface area is 109 Å². The Bertz CT molecular complexity index is 336. The zero-order valence-electron chi connectivity index (χ0n) is 11.6. The number of hydrogen-bond donors (Lipinski definition) is 1. The molecule has 1 aliphatic rings. The van der Waals surface area contributed by atoms with E-state index < -0.39 is 12.0 Å². The molecule has 0 aliphatic carbocycles. The predicted octanol–water partition coefficient (Wildman–Crippen LogP) is 0.306. The molecule has 5 nitrogen and oxygen atoms in total. The van der Waals surface area contributed by atoms with Gasteiger partial charge < -0.3 is 14.9 Å². The maximum Gasteiger partial charge on any atom is 0.240 e. The predicted molar refractivity (Wildman–Crippen MR) is 68.6 cm³/mol. The number of hydrogen-bond acceptors (Lipinski definition) is 4. The number of rotatable bonds is 4. The Morgan fingerprint density at radius 3 is 2.61 bits per heavy atom. The van der Waals surface area contributed by atoms with Crippen molar-refractivity contribution in [2.45, 2.75) is 32.4 Å². The van der Waals surface area contributed by atoms with Crippen molar-refractivity contribution in [2.75, 3.05) is 27.2 Å². The zero-order chi connectivity index (χ0) is 13.9. The molecule has 0 aromatic rings. The fraction of sp³-hybridized carbons (Fsp3) is 0.846. The maximum atomic E-state index is 12.3. The summed E-state index contributed by atoms with van der Waals surface area (Å²) in [6.45, 7) is 4.82. The fourth-order valence-corrected chi connectivity index (χ4v) is 2.42. The minimum atomic E-state index is -0.611. The largest absolute Gasteiger partial charge is 0.391 e. The van der Waals surface area contributed by atoms with Crippen LogP contribution in [0, 0.1) is 23.2 Å². The van der Waals surface area contributed by atoms with Crippen LogP contribution in [-0.2, 0) is 4.79 Å². The molecule has 1 N–H and O–H groups in total. The number of β-amino-alcohol motifs (C(OH)–C–C–N with tert-alkyl or cyclic N) is 1. The van der Waals surface area contributed by atoms with Crippen molar-refractivity contribution in [3.8, 4) is 6.07 Å². The molecule has 0 aromatic heterocycles. The normalized spacial score (nSPS) is 25.6. The van der Waals surface area contributed by atoms with Crippen LogP contribution < -0.4 is 0 Å². The van der Waals surface area contributed by atoms with Crippen molar-refractivity contribution in [1.82, 2.24) is 9.80 Å². The Hall–Kier alpha value is -1.12. The van der Waals surface area contributed by atoms with Crippen LogP contribution in [0.4, 0.5) is 0 Å². The number of aliphatic hydroxyl groups excluding tert-OH is 1. The fourth-order valence-electron chi connectivity index (χ4n) is 2.42. The molecule has 3 atom stereocenters. The molecular weight excluding hydrogens is 230 g/mol. The van der Waals surface area contributed by atoms with Crippen LogP contribution in [0.3, 0.4) is 0 Å². The summed E-state index contributed by atoms with van der Waals surface area (Å²) in [5.74, 6) is -0.754. The highest BCUT2D eigenvalue weighted by Crippen LogP contribution is 2.23. The number of likely N-dealkylation sites (tertiary alicyclic amines) is 1. The number of amides is 1. The quantitative estimate of drug-likeness (QED) is 0.783. The molecule has 1 aliphatic heterocycles. The molecule has 0 aromatic carbocycles. The maximum absolute atomic E-state index is 12.3. The van der Waals surface area contributed by atoms with Gasteiger partial charge in [0.1, 0.15) is 5.92 Å². The highest BCUT2D eigenvalue weighted by atomic mass is 16.3. The summed E-state index contributed by atoms with van der Waals surface area (Å²) >= 11 is 0. The van der Waals surface area contributed by atoms with Gasteiger partial charge in [-0.25, -0.2) is 0 Å². The summed E-state index contributed by atoms with van der Waals surface area (Å²) in [7, 11) is 3.88. The Balaban J connectivity index is 2.79. The highest BCUT2D eigenvalue weighted by Gasteiger charge is 2.38. The Morgan fingerprint density at radius 1 is 1.56 bits per heavy atom. The van der Waals surface area contributed by atoms with Crippen LogP contribution in [0.1, 0.15) is 20.3 Å². The van der Waals surface area contributed by atoms with E-state index in [1.54, 1.807) is 4.90 Å². The van der Waals surface area contributed by atoms with E-state index in [9.17, 15) is 9.90 Å². The topological polar surface area (TPSA) is 67.6 Å². The molecule has 0 spiro atoms. The first-order valence-electron chi connectivity index (χ1n) is 6.39. The van der Waals surface area contributed by atoms with E-state index in [0.29, 0.717) is 13.0 Å². The van der Waals surface area contributed by atoms with Crippen molar-refractivity contribution in [2.24, 2.45) is 11.8 Å². The van der Waals surface area contributed by atoms with Crippen LogP contribution >= 0.6 is 0 Å². The number of nitriles is 1. The zero-order valence-corrected chi connectivity index (χ0v) is 11.6. The summed E-state index contributed by atoms with van der Waals surface area (Å²) < 4.78 is 0. The SMILES string of the molecule is CC(C)C(C#N)C(=O)N1CC(O)CC1CN(C)C. The summed E-state index contributed by atoms with van der Waals surface area (Å²) in [5, 5.41) is 18.8. The number of likely N-dealkylation sites (N-methyl/N-ethyl adjacent to an activating group) is 1. The van der Waals surface area contributed by atoms with Gasteiger partial charge in [0.15, 0.2) is 0 Å². The Morgan fingerprint density at radius 2 is 2.17 bits per heavy atom. The second-order valence-corrected chi connectivity index (χ2v) is 5.65. The lowest BCUT2D eigenvalue weighted by Crippen LogP contribution is -2.45. The molecule has 1 fully saturated rings. The molecular formula is C13H23N3O2. The van der Waals surface area contributed by atoms with E-state index in [-0.39, 0.29) is 17.9 Å². The van der Waals surface area contributed by atoms with E-state index in [2.05, 4.69) is 6.07 Å². The summed E-state index contributed by atoms with van der Waals surface area (Å²) in [5.41, 5.74) is 0. The van der Waals surface area contributed by atoms with Gasteiger partial charge in [-0.05, 0) is 26.4 Å². The van der Waals surface area contributed by atoms with Crippen LogP contribution in [0.2, 0.25) is 0 Å². The number of carbonyl (C=O) groups excluding carboxylic acids is 1. The van der Waals surface area contributed by atoms with Crippen LogP contribution in [0.25, 0.3) is 0 Å². The van der Waals surface area contributed by atoms with Crippen molar-refractivity contribution >= 4 is 5.91 Å². The summed E-state index contributed by atoms with van der Waals surface area (Å²) in [6.07, 6.45) is 0.130. The number of aliphatic hydroxyl groups is 1. The van der Waals surface area contributed by atoms with E-state index in [0.717, 1.165) is 6.54 Å². The van der Waals surface area contributed by atoms with E-state index in [1.165, 1.54) is 0 Å². The molecule has 1 rings (SSSR count). The van der Waals surface area contributed by atoms with Gasteiger partial charge in [0.25, 0.3) is 0 Å². The van der Waals surface area contributed by atoms with Gasteiger partial charge in [0.05, 0.1) is 12.2 Å². The highest BCUT2D eigenvalue weighted by molar-refractivity contribution is 5.82. The Kier molecular flexibility index (Phi) is 5.12. The van der Waals surface area contributed by atoms with Gasteiger partial charge >= 0.3 is 0 Å². The lowest BCUT2D eigenvalue weighted by molar-refractivity contribution is -0.136. The molecule has 0 saturated carbocycles. The van der Waals surface area contributed by atoms with Crippen molar-refractivity contribution in [1.29, 1.82) is 5.26 Å². The van der Waals surface area contributed by atoms with Crippen LogP contribution in [0.15, 0.2) is 0 Å². The first-order chi connectivity index (χ1) is 8.36. The molecule has 0 radical (unpaired) electrons. The third-order valence-corrected chi connectivity index (χ3v) is 3.32. The lowest BCUT2D eigenvalue weighted by Gasteiger charge is -2.29. The van der Waals surface area contributed by atoms with Gasteiger partial charge in [-0.1, -0.05) is 13.8 Å². The summed E-state index contributed by atoms with van der Waals surface area (Å²) in [6, 6.07) is 2.09. The molecule has 18 heavy (non-hydrogen) atoms. The molecule has 1 saturated heterocycles. The monoisotopic (exact) mass is 253 g/mol. The third-order valence-electron chi connectivity index (χ3n) is 3.32. The van der Waals surface area contributed by atoms with Crippen LogP contribution in [0.5, 0.6) is 0 Å². The van der Waals surface area contributed by atoms with Gasteiger partial charge in [-0.15, -0.1) is 0 Å². The molecule has 0 bridgehead atoms. The van der Waals surface area contributed by atoms with Gasteiger partial charge in [-0.2, -0.15) is 5.26 Å².